The van der Waals surface area contributed by atoms with Crippen LogP contribution in [0.2, 0.25) is 5.02 Å². The molecule has 15 nitrogen and oxygen atoms in total. The smallest absolute Gasteiger partial charge is 0.237 e. The summed E-state index contributed by atoms with van der Waals surface area (Å²) in [5.41, 5.74) is 6.06. The van der Waals surface area contributed by atoms with E-state index in [1.807, 2.05) is 36.4 Å². The number of methoxy groups -OCH3 is 1. The number of fused-ring (bicyclic) bond motifs is 2. The molecule has 3 atom stereocenters. The predicted octanol–water partition coefficient (Wildman–Crippen LogP) is 4.93. The number of aliphatic hydroxyl groups excluding tert-OH is 1. The molecule has 0 spiro atoms. The van der Waals surface area contributed by atoms with Gasteiger partial charge in [0.05, 0.1) is 35.0 Å². The molecular weight excluding hydrogens is 808 g/mol. The summed E-state index contributed by atoms with van der Waals surface area (Å²) in [6.45, 7) is 3.94. The van der Waals surface area contributed by atoms with Gasteiger partial charge in [0.1, 0.15) is 17.7 Å². The number of nitriles is 1. The molecule has 0 bridgehead atoms. The van der Waals surface area contributed by atoms with Gasteiger partial charge in [-0.3, -0.25) is 19.8 Å². The number of rotatable bonds is 13. The molecule has 3 N–H and O–H groups in total. The minimum atomic E-state index is -3.61. The van der Waals surface area contributed by atoms with E-state index in [2.05, 4.69) is 31.6 Å². The van der Waals surface area contributed by atoms with E-state index >= 15 is 0 Å². The topological polar surface area (TPSA) is 200 Å². The molecule has 1 saturated carbocycles. The van der Waals surface area contributed by atoms with E-state index < -0.39 is 27.1 Å². The molecule has 2 aromatic carbocycles. The Morgan fingerprint density at radius 3 is 2.57 bits per heavy atom. The molecule has 9 rings (SSSR count). The lowest BCUT2D eigenvalue weighted by molar-refractivity contribution is -0.122. The molecule has 312 valence electrons. The minimum Gasteiger partial charge on any atom is -0.481 e. The maximum Gasteiger partial charge on any atom is 0.237 e. The fraction of sp³-hybridized carbons (Fsp3) is 0.419. The Bertz CT molecular complexity index is 2710. The molecule has 17 heteroatoms. The summed E-state index contributed by atoms with van der Waals surface area (Å²) in [5.74, 6) is 0.255. The Balaban J connectivity index is 0.918. The highest BCUT2D eigenvalue weighted by Crippen LogP contribution is 2.44. The first-order valence-corrected chi connectivity index (χ1v) is 22.2. The van der Waals surface area contributed by atoms with Crippen LogP contribution in [0.4, 0.5) is 0 Å². The highest BCUT2D eigenvalue weighted by Gasteiger charge is 2.39. The molecule has 3 fully saturated rings. The molecule has 2 aliphatic carbocycles. The van der Waals surface area contributed by atoms with Gasteiger partial charge in [0.15, 0.2) is 16.6 Å². The van der Waals surface area contributed by atoms with Crippen molar-refractivity contribution in [2.45, 2.75) is 69.1 Å². The normalized spacial score (nSPS) is 20.7. The molecule has 0 unspecified atom stereocenters. The summed E-state index contributed by atoms with van der Waals surface area (Å²) in [4.78, 5) is 26.3. The molecule has 5 heterocycles. The third-order valence-electron chi connectivity index (χ3n) is 12.0. The highest BCUT2D eigenvalue weighted by molar-refractivity contribution is 7.90. The van der Waals surface area contributed by atoms with Crippen LogP contribution in [0, 0.1) is 22.7 Å². The molecule has 4 aliphatic rings. The number of pyridine rings is 2. The Kier molecular flexibility index (Phi) is 10.9. The predicted molar refractivity (Wildman–Crippen MR) is 221 cm³/mol. The number of carbonyl (C=O) groups is 1. The Hall–Kier alpha value is -5.31. The van der Waals surface area contributed by atoms with Crippen LogP contribution in [-0.4, -0.2) is 95.0 Å². The van der Waals surface area contributed by atoms with Gasteiger partial charge in [0.2, 0.25) is 33.6 Å². The molecule has 5 aromatic rings. The summed E-state index contributed by atoms with van der Waals surface area (Å²) < 4.78 is 46.8. The molecule has 2 aliphatic heterocycles. The summed E-state index contributed by atoms with van der Waals surface area (Å²) >= 11 is 7.19. The van der Waals surface area contributed by atoms with Gasteiger partial charge in [-0.05, 0) is 73.9 Å². The third kappa shape index (κ3) is 7.88. The molecule has 3 aromatic heterocycles. The molecule has 1 amide bonds. The Labute approximate surface area is 352 Å². The van der Waals surface area contributed by atoms with E-state index in [-0.39, 0.29) is 40.2 Å². The number of aliphatic hydroxyl groups is 1. The Morgan fingerprint density at radius 1 is 1.02 bits per heavy atom. The SMILES string of the molecule is COc1nc(O[C@H]2CCc3c(-c4cccc(-c5nc6c(=N)n(CCN7CC[C@@H](C(=O)NS(=O)(=O)C8CC8)C7)cc(C#N)c6o5)c4Cl)cccc32)ccc1CN1CC[C@@H](O)C1. The van der Waals surface area contributed by atoms with Crippen LogP contribution in [0.5, 0.6) is 11.8 Å². The number of hydrogen-bond donors (Lipinski definition) is 3. The van der Waals surface area contributed by atoms with Gasteiger partial charge in [-0.15, -0.1) is 0 Å². The second-order valence-corrected chi connectivity index (χ2v) is 18.4. The zero-order valence-corrected chi connectivity index (χ0v) is 34.6. The van der Waals surface area contributed by atoms with Crippen molar-refractivity contribution in [3.63, 3.8) is 0 Å². The number of carbonyl (C=O) groups excluding carboxylic acids is 1. The van der Waals surface area contributed by atoms with Crippen LogP contribution in [0.25, 0.3) is 33.7 Å². The number of sulfonamides is 1. The quantitative estimate of drug-likeness (QED) is 0.145. The van der Waals surface area contributed by atoms with Crippen LogP contribution in [0.15, 0.2) is 59.1 Å². The minimum absolute atomic E-state index is 0.0652. The number of nitrogens with one attached hydrogen (secondary N) is 2. The van der Waals surface area contributed by atoms with E-state index in [0.717, 1.165) is 53.6 Å². The lowest BCUT2D eigenvalue weighted by atomic mass is 9.95. The molecular formula is C43H45ClN8O7S. The number of halogens is 1. The number of hydrogen-bond acceptors (Lipinski definition) is 13. The third-order valence-corrected chi connectivity index (χ3v) is 14.3. The largest absolute Gasteiger partial charge is 0.481 e. The van der Waals surface area contributed by atoms with E-state index in [4.69, 9.17) is 35.9 Å². The molecule has 2 saturated heterocycles. The van der Waals surface area contributed by atoms with Gasteiger partial charge in [0.25, 0.3) is 0 Å². The number of ether oxygens (including phenoxy) is 2. The number of β-amino-alcohol motifs (C(OH)–C–C–N with tert-alkyl or cyclic N) is 1. The first-order chi connectivity index (χ1) is 29.0. The number of aromatic nitrogens is 3. The summed E-state index contributed by atoms with van der Waals surface area (Å²) in [7, 11) is -2.01. The monoisotopic (exact) mass is 852 g/mol. The second-order valence-electron chi connectivity index (χ2n) is 16.1. The lowest BCUT2D eigenvalue weighted by Crippen LogP contribution is -2.39. The zero-order valence-electron chi connectivity index (χ0n) is 33.1. The fourth-order valence-corrected chi connectivity index (χ4v) is 10.4. The van der Waals surface area contributed by atoms with Gasteiger partial charge in [0, 0.05) is 62.7 Å². The number of benzene rings is 2. The fourth-order valence-electron chi connectivity index (χ4n) is 8.69. The summed E-state index contributed by atoms with van der Waals surface area (Å²) in [6, 6.07) is 17.8. The highest BCUT2D eigenvalue weighted by atomic mass is 35.5. The van der Waals surface area contributed by atoms with Crippen LogP contribution >= 0.6 is 11.6 Å². The van der Waals surface area contributed by atoms with Gasteiger partial charge in [-0.2, -0.15) is 10.2 Å². The van der Waals surface area contributed by atoms with E-state index in [1.165, 1.54) is 0 Å². The van der Waals surface area contributed by atoms with Crippen LogP contribution in [0.1, 0.15) is 60.5 Å². The van der Waals surface area contributed by atoms with Crippen molar-refractivity contribution < 1.29 is 32.2 Å². The average molecular weight is 853 g/mol. The maximum absolute atomic E-state index is 12.7. The average Bonchev–Trinajstić information content (AvgIpc) is 3.51. The summed E-state index contributed by atoms with van der Waals surface area (Å²) in [6.07, 6.45) is 5.00. The van der Waals surface area contributed by atoms with Crippen LogP contribution < -0.4 is 19.7 Å². The first kappa shape index (κ1) is 40.1. The number of nitrogens with zero attached hydrogens (tertiary/aromatic N) is 6. The van der Waals surface area contributed by atoms with E-state index in [1.54, 1.807) is 23.9 Å². The van der Waals surface area contributed by atoms with Crippen molar-refractivity contribution in [1.82, 2.24) is 29.1 Å². The van der Waals surface area contributed by atoms with Crippen LogP contribution in [-0.2, 0) is 34.3 Å². The lowest BCUT2D eigenvalue weighted by Gasteiger charge is -2.19. The molecule has 60 heavy (non-hydrogen) atoms. The van der Waals surface area contributed by atoms with Gasteiger partial charge < -0.3 is 28.5 Å². The summed E-state index contributed by atoms with van der Waals surface area (Å²) in [5, 5.41) is 29.1. The standard InChI is InChI=1S/C43H45ClN8O7S/c1-57-42-26(22-51-17-15-28(53)24-51)8-13-36(47-42)58-35-12-11-31-30(4-2-5-32(31)35)33-6-3-7-34(37(33)44)43-48-38-39(59-43)27(20-45)23-52(40(38)46)19-18-50-16-14-25(21-50)41(54)49-60(55,56)29-9-10-29/h2-8,13,23,25,28-29,35,46,53H,9-12,14-19,21-22,24H2,1H3,(H,49,54)/t25-,28-,35+/m1/s1. The molecule has 0 radical (unpaired) electrons. The van der Waals surface area contributed by atoms with Crippen molar-refractivity contribution in [3.05, 3.63) is 87.5 Å². The second kappa shape index (κ2) is 16.3. The van der Waals surface area contributed by atoms with Crippen molar-refractivity contribution in [2.75, 3.05) is 39.8 Å². The van der Waals surface area contributed by atoms with Crippen LogP contribution in [0.3, 0.4) is 0 Å². The Morgan fingerprint density at radius 2 is 1.80 bits per heavy atom. The van der Waals surface area contributed by atoms with E-state index in [0.29, 0.717) is 80.9 Å². The number of likely N-dealkylation sites (tertiary alicyclic amines) is 2. The number of oxazole rings is 1. The first-order valence-electron chi connectivity index (χ1n) is 20.3. The van der Waals surface area contributed by atoms with Gasteiger partial charge >= 0.3 is 0 Å². The van der Waals surface area contributed by atoms with Crippen molar-refractivity contribution in [2.24, 2.45) is 5.92 Å². The van der Waals surface area contributed by atoms with Crippen molar-refractivity contribution >= 4 is 38.6 Å². The van der Waals surface area contributed by atoms with Gasteiger partial charge in [-0.1, -0.05) is 41.9 Å². The zero-order chi connectivity index (χ0) is 41.7. The van der Waals surface area contributed by atoms with Crippen molar-refractivity contribution in [3.8, 4) is 40.4 Å². The van der Waals surface area contributed by atoms with Gasteiger partial charge in [-0.25, -0.2) is 13.4 Å². The maximum atomic E-state index is 12.7. The van der Waals surface area contributed by atoms with Crippen molar-refractivity contribution in [1.29, 1.82) is 10.7 Å². The van der Waals surface area contributed by atoms with E-state index in [9.17, 15) is 23.6 Å². The number of amides is 1.